The standard InChI is InChI=1S/C15H19N3O2S/c1-3-20-14-11-9(2)12(21-15(11)17-8-16-14)13(19)18-10-6-4-5-7-10/h8,10H,3-7H2,1-2H3,(H,18,19). The lowest BCUT2D eigenvalue weighted by Gasteiger charge is -2.11. The maximum absolute atomic E-state index is 12.5. The number of aromatic nitrogens is 2. The highest BCUT2D eigenvalue weighted by molar-refractivity contribution is 7.20. The summed E-state index contributed by atoms with van der Waals surface area (Å²) in [4.78, 5) is 22.4. The number of thiophene rings is 1. The molecule has 0 bridgehead atoms. The third kappa shape index (κ3) is 2.72. The number of carbonyl (C=O) groups is 1. The van der Waals surface area contributed by atoms with Crippen LogP contribution >= 0.6 is 11.3 Å². The fraction of sp³-hybridized carbons (Fsp3) is 0.533. The van der Waals surface area contributed by atoms with Gasteiger partial charge in [-0.3, -0.25) is 4.79 Å². The van der Waals surface area contributed by atoms with Gasteiger partial charge in [-0.1, -0.05) is 12.8 Å². The number of ether oxygens (including phenoxy) is 1. The van der Waals surface area contributed by atoms with Crippen LogP contribution in [-0.4, -0.2) is 28.5 Å². The second-order valence-electron chi connectivity index (χ2n) is 5.30. The maximum Gasteiger partial charge on any atom is 0.261 e. The lowest BCUT2D eigenvalue weighted by Crippen LogP contribution is -2.32. The van der Waals surface area contributed by atoms with Crippen molar-refractivity contribution in [1.82, 2.24) is 15.3 Å². The molecule has 0 unspecified atom stereocenters. The van der Waals surface area contributed by atoms with E-state index >= 15 is 0 Å². The molecular weight excluding hydrogens is 286 g/mol. The molecule has 1 fully saturated rings. The summed E-state index contributed by atoms with van der Waals surface area (Å²) in [6.45, 7) is 4.41. The number of amides is 1. The first-order valence-electron chi connectivity index (χ1n) is 7.38. The van der Waals surface area contributed by atoms with Gasteiger partial charge in [-0.15, -0.1) is 11.3 Å². The predicted octanol–water partition coefficient (Wildman–Crippen LogP) is 3.07. The Balaban J connectivity index is 1.93. The van der Waals surface area contributed by atoms with Crippen LogP contribution in [0.2, 0.25) is 0 Å². The molecule has 1 aliphatic rings. The van der Waals surface area contributed by atoms with E-state index in [2.05, 4.69) is 15.3 Å². The molecule has 6 heteroatoms. The second-order valence-corrected chi connectivity index (χ2v) is 6.30. The average Bonchev–Trinajstić information content (AvgIpc) is 3.08. The lowest BCUT2D eigenvalue weighted by molar-refractivity contribution is 0.0941. The highest BCUT2D eigenvalue weighted by atomic mass is 32.1. The summed E-state index contributed by atoms with van der Waals surface area (Å²) in [6, 6.07) is 0.319. The van der Waals surface area contributed by atoms with E-state index in [-0.39, 0.29) is 5.91 Å². The van der Waals surface area contributed by atoms with Gasteiger partial charge < -0.3 is 10.1 Å². The van der Waals surface area contributed by atoms with Gasteiger partial charge in [-0.05, 0) is 32.3 Å². The first-order valence-corrected chi connectivity index (χ1v) is 8.20. The molecule has 1 amide bonds. The van der Waals surface area contributed by atoms with Gasteiger partial charge in [-0.25, -0.2) is 9.97 Å². The summed E-state index contributed by atoms with van der Waals surface area (Å²) in [5.41, 5.74) is 0.912. The molecule has 1 N–H and O–H groups in total. The zero-order valence-corrected chi connectivity index (χ0v) is 13.1. The monoisotopic (exact) mass is 305 g/mol. The molecule has 5 nitrogen and oxygen atoms in total. The van der Waals surface area contributed by atoms with Gasteiger partial charge >= 0.3 is 0 Å². The molecule has 1 saturated carbocycles. The summed E-state index contributed by atoms with van der Waals surface area (Å²) in [7, 11) is 0. The van der Waals surface area contributed by atoms with Gasteiger partial charge in [0.25, 0.3) is 5.91 Å². The summed E-state index contributed by atoms with van der Waals surface area (Å²) >= 11 is 1.41. The van der Waals surface area contributed by atoms with Gasteiger partial charge in [0.15, 0.2) is 0 Å². The first kappa shape index (κ1) is 14.3. The molecule has 0 aliphatic heterocycles. The quantitative estimate of drug-likeness (QED) is 0.943. The molecule has 21 heavy (non-hydrogen) atoms. The van der Waals surface area contributed by atoms with Crippen LogP contribution in [0.1, 0.15) is 47.8 Å². The van der Waals surface area contributed by atoms with Crippen molar-refractivity contribution >= 4 is 27.5 Å². The van der Waals surface area contributed by atoms with Crippen molar-refractivity contribution in [2.75, 3.05) is 6.61 Å². The van der Waals surface area contributed by atoms with E-state index in [1.54, 1.807) is 0 Å². The van der Waals surface area contributed by atoms with Gasteiger partial charge in [0.1, 0.15) is 11.2 Å². The highest BCUT2D eigenvalue weighted by Gasteiger charge is 2.23. The number of aryl methyl sites for hydroxylation is 1. The van der Waals surface area contributed by atoms with Crippen LogP contribution in [0.4, 0.5) is 0 Å². The summed E-state index contributed by atoms with van der Waals surface area (Å²) in [6.07, 6.45) is 6.06. The van der Waals surface area contributed by atoms with E-state index in [0.717, 1.165) is 33.5 Å². The SMILES string of the molecule is CCOc1ncnc2sc(C(=O)NC3CCCC3)c(C)c12. The van der Waals surface area contributed by atoms with E-state index in [9.17, 15) is 4.79 Å². The fourth-order valence-corrected chi connectivity index (χ4v) is 3.87. The van der Waals surface area contributed by atoms with Crippen molar-refractivity contribution in [3.05, 3.63) is 16.8 Å². The van der Waals surface area contributed by atoms with Crippen LogP contribution in [0.25, 0.3) is 10.2 Å². The Kier molecular flexibility index (Phi) is 4.05. The van der Waals surface area contributed by atoms with Crippen LogP contribution in [0.3, 0.4) is 0 Å². The molecule has 0 saturated heterocycles. The van der Waals surface area contributed by atoms with Gasteiger partial charge in [0.2, 0.25) is 5.88 Å². The topological polar surface area (TPSA) is 64.1 Å². The number of carbonyl (C=O) groups excluding carboxylic acids is 1. The predicted molar refractivity (Wildman–Crippen MR) is 83.0 cm³/mol. The zero-order chi connectivity index (χ0) is 14.8. The molecule has 0 aromatic carbocycles. The Bertz CT molecular complexity index is 662. The number of rotatable bonds is 4. The minimum Gasteiger partial charge on any atom is -0.477 e. The van der Waals surface area contributed by atoms with Crippen LogP contribution in [0, 0.1) is 6.92 Å². The normalized spacial score (nSPS) is 15.5. The van der Waals surface area contributed by atoms with Crippen molar-refractivity contribution < 1.29 is 9.53 Å². The van der Waals surface area contributed by atoms with Crippen molar-refractivity contribution in [3.63, 3.8) is 0 Å². The van der Waals surface area contributed by atoms with Crippen molar-refractivity contribution in [2.24, 2.45) is 0 Å². The smallest absolute Gasteiger partial charge is 0.261 e. The van der Waals surface area contributed by atoms with E-state index < -0.39 is 0 Å². The summed E-state index contributed by atoms with van der Waals surface area (Å²) < 4.78 is 5.55. The molecule has 0 radical (unpaired) electrons. The number of nitrogens with zero attached hydrogens (tertiary/aromatic N) is 2. The molecule has 2 aromatic rings. The lowest BCUT2D eigenvalue weighted by atomic mass is 10.2. The number of hydrogen-bond donors (Lipinski definition) is 1. The van der Waals surface area contributed by atoms with Crippen LogP contribution in [0.15, 0.2) is 6.33 Å². The van der Waals surface area contributed by atoms with E-state index in [1.807, 2.05) is 13.8 Å². The molecule has 112 valence electrons. The first-order chi connectivity index (χ1) is 10.2. The largest absolute Gasteiger partial charge is 0.477 e. The van der Waals surface area contributed by atoms with Gasteiger partial charge in [-0.2, -0.15) is 0 Å². The van der Waals surface area contributed by atoms with Gasteiger partial charge in [0, 0.05) is 6.04 Å². The summed E-state index contributed by atoms with van der Waals surface area (Å²) in [5, 5.41) is 3.99. The molecule has 3 rings (SSSR count). The Morgan fingerprint density at radius 2 is 2.19 bits per heavy atom. The maximum atomic E-state index is 12.5. The van der Waals surface area contributed by atoms with Crippen molar-refractivity contribution in [1.29, 1.82) is 0 Å². The molecule has 2 aromatic heterocycles. The molecule has 1 aliphatic carbocycles. The third-order valence-electron chi connectivity index (χ3n) is 3.87. The second kappa shape index (κ2) is 5.97. The third-order valence-corrected chi connectivity index (χ3v) is 5.07. The van der Waals surface area contributed by atoms with Crippen LogP contribution in [-0.2, 0) is 0 Å². The molecule has 2 heterocycles. The highest BCUT2D eigenvalue weighted by Crippen LogP contribution is 2.34. The number of hydrogen-bond acceptors (Lipinski definition) is 5. The zero-order valence-electron chi connectivity index (χ0n) is 12.3. The minimum absolute atomic E-state index is 0.00449. The Hall–Kier alpha value is -1.69. The Morgan fingerprint density at radius 3 is 2.90 bits per heavy atom. The summed E-state index contributed by atoms with van der Waals surface area (Å²) in [5.74, 6) is 0.570. The average molecular weight is 305 g/mol. The van der Waals surface area contributed by atoms with Crippen LogP contribution in [0.5, 0.6) is 5.88 Å². The van der Waals surface area contributed by atoms with E-state index in [1.165, 1.54) is 30.5 Å². The molecule has 0 spiro atoms. The van der Waals surface area contributed by atoms with Crippen molar-refractivity contribution in [3.8, 4) is 5.88 Å². The fourth-order valence-electron chi connectivity index (χ4n) is 2.82. The van der Waals surface area contributed by atoms with Crippen LogP contribution < -0.4 is 10.1 Å². The Morgan fingerprint density at radius 1 is 1.43 bits per heavy atom. The minimum atomic E-state index is 0.00449. The molecular formula is C15H19N3O2S. The van der Waals surface area contributed by atoms with Crippen molar-refractivity contribution in [2.45, 2.75) is 45.6 Å². The van der Waals surface area contributed by atoms with E-state index in [0.29, 0.717) is 18.5 Å². The number of nitrogens with one attached hydrogen (secondary N) is 1. The van der Waals surface area contributed by atoms with Gasteiger partial charge in [0.05, 0.1) is 16.9 Å². The molecule has 0 atom stereocenters. The van der Waals surface area contributed by atoms with E-state index in [4.69, 9.17) is 4.74 Å². The number of fused-ring (bicyclic) bond motifs is 1. The Labute approximate surface area is 127 Å².